The predicted octanol–water partition coefficient (Wildman–Crippen LogP) is 3.96. The molecule has 0 spiro atoms. The molecule has 0 bridgehead atoms. The van der Waals surface area contributed by atoms with E-state index in [9.17, 15) is 13.2 Å². The maximum atomic E-state index is 14.0. The molecule has 3 rings (SSSR count). The van der Waals surface area contributed by atoms with Crippen LogP contribution in [0.3, 0.4) is 0 Å². The van der Waals surface area contributed by atoms with Gasteiger partial charge < -0.3 is 5.32 Å². The molecule has 2 aromatic carbocycles. The highest BCUT2D eigenvalue weighted by Gasteiger charge is 2.30. The minimum Gasteiger partial charge on any atom is -0.316 e. The first-order valence-electron chi connectivity index (χ1n) is 7.06. The minimum atomic E-state index is -0.587. The van der Waals surface area contributed by atoms with Gasteiger partial charge in [0.15, 0.2) is 0 Å². The van der Waals surface area contributed by atoms with E-state index in [0.29, 0.717) is 17.7 Å². The molecule has 0 radical (unpaired) electrons. The second-order valence-corrected chi connectivity index (χ2v) is 5.43. The largest absolute Gasteiger partial charge is 0.316 e. The van der Waals surface area contributed by atoms with Gasteiger partial charge >= 0.3 is 0 Å². The van der Waals surface area contributed by atoms with Gasteiger partial charge in [0.2, 0.25) is 0 Å². The molecule has 1 saturated heterocycles. The summed E-state index contributed by atoms with van der Waals surface area (Å²) in [5.74, 6) is -1.66. The third kappa shape index (κ3) is 2.95. The smallest absolute Gasteiger partial charge is 0.126 e. The number of piperidine rings is 1. The maximum Gasteiger partial charge on any atom is 0.126 e. The Hall–Kier alpha value is -1.81. The molecule has 0 amide bonds. The molecular formula is C17H16F3N. The van der Waals surface area contributed by atoms with Crippen molar-refractivity contribution < 1.29 is 13.2 Å². The van der Waals surface area contributed by atoms with E-state index in [0.717, 1.165) is 19.0 Å². The quantitative estimate of drug-likeness (QED) is 0.883. The van der Waals surface area contributed by atoms with Gasteiger partial charge in [0.25, 0.3) is 0 Å². The molecule has 2 unspecified atom stereocenters. The molecule has 1 nitrogen and oxygen atoms in total. The fraction of sp³-hybridized carbons (Fsp3) is 0.294. The Morgan fingerprint density at radius 1 is 0.905 bits per heavy atom. The molecule has 1 N–H and O–H groups in total. The Labute approximate surface area is 121 Å². The lowest BCUT2D eigenvalue weighted by atomic mass is 9.77. The van der Waals surface area contributed by atoms with E-state index in [-0.39, 0.29) is 17.7 Å². The molecule has 2 atom stereocenters. The van der Waals surface area contributed by atoms with Crippen molar-refractivity contribution in [3.63, 3.8) is 0 Å². The molecule has 1 aliphatic heterocycles. The molecule has 0 aliphatic carbocycles. The minimum absolute atomic E-state index is 0.0895. The summed E-state index contributed by atoms with van der Waals surface area (Å²) >= 11 is 0. The van der Waals surface area contributed by atoms with Gasteiger partial charge in [-0.2, -0.15) is 0 Å². The van der Waals surface area contributed by atoms with Gasteiger partial charge in [0.05, 0.1) is 0 Å². The van der Waals surface area contributed by atoms with Crippen LogP contribution in [-0.4, -0.2) is 13.1 Å². The number of hydrogen-bond donors (Lipinski definition) is 1. The molecule has 0 aromatic heterocycles. The highest BCUT2D eigenvalue weighted by atomic mass is 19.1. The van der Waals surface area contributed by atoms with Crippen molar-refractivity contribution in [2.75, 3.05) is 13.1 Å². The van der Waals surface area contributed by atoms with Crippen molar-refractivity contribution in [1.29, 1.82) is 0 Å². The van der Waals surface area contributed by atoms with Crippen molar-refractivity contribution in [2.24, 2.45) is 0 Å². The average Bonchev–Trinajstić information content (AvgIpc) is 2.47. The van der Waals surface area contributed by atoms with Crippen LogP contribution in [0, 0.1) is 17.5 Å². The molecule has 21 heavy (non-hydrogen) atoms. The monoisotopic (exact) mass is 291 g/mol. The van der Waals surface area contributed by atoms with Crippen LogP contribution in [0.4, 0.5) is 13.2 Å². The summed E-state index contributed by atoms with van der Waals surface area (Å²) in [6.45, 7) is 1.36. The number of rotatable bonds is 2. The first-order chi connectivity index (χ1) is 10.1. The maximum absolute atomic E-state index is 14.0. The van der Waals surface area contributed by atoms with Crippen LogP contribution in [0.25, 0.3) is 0 Å². The van der Waals surface area contributed by atoms with Crippen molar-refractivity contribution in [1.82, 2.24) is 5.32 Å². The van der Waals surface area contributed by atoms with Gasteiger partial charge in [-0.15, -0.1) is 0 Å². The molecule has 1 aliphatic rings. The molecular weight excluding hydrogens is 275 g/mol. The molecule has 0 saturated carbocycles. The second-order valence-electron chi connectivity index (χ2n) is 5.43. The summed E-state index contributed by atoms with van der Waals surface area (Å²) in [5.41, 5.74) is 1.20. The Balaban J connectivity index is 2.00. The van der Waals surface area contributed by atoms with Crippen molar-refractivity contribution in [3.8, 4) is 0 Å². The van der Waals surface area contributed by atoms with Crippen LogP contribution in [-0.2, 0) is 0 Å². The molecule has 2 aromatic rings. The Kier molecular flexibility index (Phi) is 3.97. The molecule has 1 fully saturated rings. The van der Waals surface area contributed by atoms with Crippen LogP contribution >= 0.6 is 0 Å². The highest BCUT2D eigenvalue weighted by molar-refractivity contribution is 5.31. The van der Waals surface area contributed by atoms with Crippen LogP contribution in [0.5, 0.6) is 0 Å². The van der Waals surface area contributed by atoms with Crippen LogP contribution in [0.15, 0.2) is 42.5 Å². The van der Waals surface area contributed by atoms with Crippen LogP contribution in [0.2, 0.25) is 0 Å². The van der Waals surface area contributed by atoms with Gasteiger partial charge in [-0.1, -0.05) is 18.2 Å². The summed E-state index contributed by atoms with van der Waals surface area (Å²) in [6.07, 6.45) is 0.724. The van der Waals surface area contributed by atoms with E-state index in [1.165, 1.54) is 18.2 Å². The highest BCUT2D eigenvalue weighted by Crippen LogP contribution is 2.38. The summed E-state index contributed by atoms with van der Waals surface area (Å²) in [6, 6.07) is 10.2. The van der Waals surface area contributed by atoms with E-state index in [2.05, 4.69) is 5.32 Å². The molecule has 1 heterocycles. The number of hydrogen-bond acceptors (Lipinski definition) is 1. The lowest BCUT2D eigenvalue weighted by molar-refractivity contribution is 0.391. The van der Waals surface area contributed by atoms with Crippen LogP contribution < -0.4 is 5.32 Å². The van der Waals surface area contributed by atoms with Gasteiger partial charge in [-0.05, 0) is 48.2 Å². The van der Waals surface area contributed by atoms with E-state index in [1.54, 1.807) is 18.2 Å². The summed E-state index contributed by atoms with van der Waals surface area (Å²) in [4.78, 5) is 0. The summed E-state index contributed by atoms with van der Waals surface area (Å²) in [7, 11) is 0. The molecule has 110 valence electrons. The van der Waals surface area contributed by atoms with Crippen LogP contribution in [0.1, 0.15) is 29.4 Å². The van der Waals surface area contributed by atoms with E-state index < -0.39 is 11.6 Å². The Bertz CT molecular complexity index is 621. The lowest BCUT2D eigenvalue weighted by Gasteiger charge is -2.33. The standard InChI is InChI=1S/C17H16F3N/c18-12-7-11(8-13(19)9-12)14-5-6-21-10-16(14)15-3-1-2-4-17(15)20/h1-4,7-9,14,16,21H,5-6,10H2. The fourth-order valence-electron chi connectivity index (χ4n) is 3.15. The van der Waals surface area contributed by atoms with Crippen molar-refractivity contribution >= 4 is 0 Å². The number of nitrogens with one attached hydrogen (secondary N) is 1. The van der Waals surface area contributed by atoms with E-state index >= 15 is 0 Å². The van der Waals surface area contributed by atoms with Crippen molar-refractivity contribution in [2.45, 2.75) is 18.3 Å². The zero-order chi connectivity index (χ0) is 14.8. The summed E-state index contributed by atoms with van der Waals surface area (Å²) < 4.78 is 41.0. The second kappa shape index (κ2) is 5.90. The lowest BCUT2D eigenvalue weighted by Crippen LogP contribution is -2.34. The molecule has 4 heteroatoms. The first-order valence-corrected chi connectivity index (χ1v) is 7.06. The Morgan fingerprint density at radius 3 is 2.33 bits per heavy atom. The zero-order valence-corrected chi connectivity index (χ0v) is 11.5. The van der Waals surface area contributed by atoms with Gasteiger partial charge in [-0.3, -0.25) is 0 Å². The SMILES string of the molecule is Fc1cc(F)cc(C2CCNCC2c2ccccc2F)c1. The topological polar surface area (TPSA) is 12.0 Å². The average molecular weight is 291 g/mol. The number of benzene rings is 2. The normalized spacial score (nSPS) is 22.2. The zero-order valence-electron chi connectivity index (χ0n) is 11.5. The predicted molar refractivity (Wildman–Crippen MR) is 75.7 cm³/mol. The first kappa shape index (κ1) is 14.1. The van der Waals surface area contributed by atoms with Gasteiger partial charge in [0.1, 0.15) is 17.5 Å². The fourth-order valence-corrected chi connectivity index (χ4v) is 3.15. The summed E-state index contributed by atoms with van der Waals surface area (Å²) in [5, 5.41) is 3.24. The van der Waals surface area contributed by atoms with Crippen molar-refractivity contribution in [3.05, 3.63) is 71.0 Å². The third-order valence-corrected chi connectivity index (χ3v) is 4.10. The Morgan fingerprint density at radius 2 is 1.62 bits per heavy atom. The number of halogens is 3. The van der Waals surface area contributed by atoms with Gasteiger partial charge in [-0.25, -0.2) is 13.2 Å². The van der Waals surface area contributed by atoms with E-state index in [1.807, 2.05) is 0 Å². The van der Waals surface area contributed by atoms with E-state index in [4.69, 9.17) is 0 Å². The van der Waals surface area contributed by atoms with Gasteiger partial charge in [0, 0.05) is 18.5 Å². The third-order valence-electron chi connectivity index (χ3n) is 4.10.